The van der Waals surface area contributed by atoms with Gasteiger partial charge in [0.05, 0.1) is 6.10 Å². The van der Waals surface area contributed by atoms with E-state index in [-0.39, 0.29) is 18.4 Å². The molecule has 5 heteroatoms. The molecule has 1 heterocycles. The highest BCUT2D eigenvalue weighted by Gasteiger charge is 2.13. The van der Waals surface area contributed by atoms with Gasteiger partial charge in [-0.15, -0.1) is 0 Å². The van der Waals surface area contributed by atoms with E-state index in [9.17, 15) is 9.90 Å². The summed E-state index contributed by atoms with van der Waals surface area (Å²) >= 11 is 4.93. The standard InChI is InChI=1S/C16H18BrNO2S/c1-11(12-2-4-14(17)5-3-12)8-16(20)18-9-15(19)13-6-7-21-10-13/h2-7,10-11,15,19H,8-9H2,1H3,(H,18,20). The number of aliphatic hydroxyl groups excluding tert-OH is 1. The van der Waals surface area contributed by atoms with E-state index in [1.54, 1.807) is 0 Å². The third-order valence-electron chi connectivity index (χ3n) is 3.35. The van der Waals surface area contributed by atoms with Crippen LogP contribution in [0.3, 0.4) is 0 Å². The summed E-state index contributed by atoms with van der Waals surface area (Å²) in [5, 5.41) is 16.5. The van der Waals surface area contributed by atoms with Gasteiger partial charge in [0.15, 0.2) is 0 Å². The Morgan fingerprint density at radius 1 is 1.29 bits per heavy atom. The summed E-state index contributed by atoms with van der Waals surface area (Å²) in [5.41, 5.74) is 1.98. The molecule has 1 amide bonds. The molecule has 2 aromatic rings. The molecule has 2 atom stereocenters. The molecule has 1 aromatic heterocycles. The van der Waals surface area contributed by atoms with Crippen LogP contribution in [-0.4, -0.2) is 17.6 Å². The molecule has 1 aromatic carbocycles. The monoisotopic (exact) mass is 367 g/mol. The Hall–Kier alpha value is -1.17. The fourth-order valence-corrected chi connectivity index (χ4v) is 3.02. The number of carbonyl (C=O) groups is 1. The lowest BCUT2D eigenvalue weighted by Gasteiger charge is -2.14. The number of thiophene rings is 1. The molecule has 112 valence electrons. The SMILES string of the molecule is CC(CC(=O)NCC(O)c1ccsc1)c1ccc(Br)cc1. The predicted octanol–water partition coefficient (Wildman–Crippen LogP) is 3.85. The van der Waals surface area contributed by atoms with Crippen LogP contribution in [0.25, 0.3) is 0 Å². The zero-order chi connectivity index (χ0) is 15.2. The molecule has 0 aliphatic heterocycles. The van der Waals surface area contributed by atoms with Crippen LogP contribution < -0.4 is 5.32 Å². The summed E-state index contributed by atoms with van der Waals surface area (Å²) in [7, 11) is 0. The molecule has 21 heavy (non-hydrogen) atoms. The maximum Gasteiger partial charge on any atom is 0.220 e. The average molecular weight is 368 g/mol. The van der Waals surface area contributed by atoms with Gasteiger partial charge in [0.2, 0.25) is 5.91 Å². The van der Waals surface area contributed by atoms with Crippen molar-refractivity contribution < 1.29 is 9.90 Å². The highest BCUT2D eigenvalue weighted by atomic mass is 79.9. The molecule has 0 bridgehead atoms. The molecule has 2 unspecified atom stereocenters. The first-order valence-electron chi connectivity index (χ1n) is 6.78. The summed E-state index contributed by atoms with van der Waals surface area (Å²) in [5.74, 6) is 0.107. The van der Waals surface area contributed by atoms with E-state index in [1.165, 1.54) is 11.3 Å². The Morgan fingerprint density at radius 3 is 2.62 bits per heavy atom. The largest absolute Gasteiger partial charge is 0.387 e. The third kappa shape index (κ3) is 4.95. The molecule has 0 aliphatic carbocycles. The molecule has 0 saturated carbocycles. The smallest absolute Gasteiger partial charge is 0.220 e. The van der Waals surface area contributed by atoms with Gasteiger partial charge in [0.25, 0.3) is 0 Å². The van der Waals surface area contributed by atoms with Gasteiger partial charge in [-0.25, -0.2) is 0 Å². The van der Waals surface area contributed by atoms with Crippen molar-refractivity contribution in [2.45, 2.75) is 25.4 Å². The molecule has 0 radical (unpaired) electrons. The lowest BCUT2D eigenvalue weighted by Crippen LogP contribution is -2.29. The highest BCUT2D eigenvalue weighted by Crippen LogP contribution is 2.21. The Labute approximate surface area is 137 Å². The highest BCUT2D eigenvalue weighted by molar-refractivity contribution is 9.10. The Bertz CT molecular complexity index is 568. The van der Waals surface area contributed by atoms with Gasteiger partial charge in [-0.2, -0.15) is 11.3 Å². The molecule has 2 rings (SSSR count). The first-order chi connectivity index (χ1) is 10.1. The van der Waals surface area contributed by atoms with E-state index in [2.05, 4.69) is 21.2 Å². The number of hydrogen-bond donors (Lipinski definition) is 2. The number of amides is 1. The molecule has 3 nitrogen and oxygen atoms in total. The van der Waals surface area contributed by atoms with E-state index in [4.69, 9.17) is 0 Å². The number of aliphatic hydroxyl groups is 1. The lowest BCUT2D eigenvalue weighted by molar-refractivity contribution is -0.121. The van der Waals surface area contributed by atoms with Crippen LogP contribution in [0.5, 0.6) is 0 Å². The van der Waals surface area contributed by atoms with E-state index < -0.39 is 6.10 Å². The second-order valence-electron chi connectivity index (χ2n) is 5.03. The maximum atomic E-state index is 11.9. The van der Waals surface area contributed by atoms with Crippen LogP contribution in [-0.2, 0) is 4.79 Å². The van der Waals surface area contributed by atoms with Crippen molar-refractivity contribution >= 4 is 33.2 Å². The topological polar surface area (TPSA) is 49.3 Å². The first-order valence-corrected chi connectivity index (χ1v) is 8.52. The van der Waals surface area contributed by atoms with Gasteiger partial charge in [-0.3, -0.25) is 4.79 Å². The van der Waals surface area contributed by atoms with Crippen molar-refractivity contribution in [3.63, 3.8) is 0 Å². The van der Waals surface area contributed by atoms with Gasteiger partial charge in [-0.05, 0) is 46.0 Å². The fraction of sp³-hybridized carbons (Fsp3) is 0.312. The fourth-order valence-electron chi connectivity index (χ4n) is 2.05. The summed E-state index contributed by atoms with van der Waals surface area (Å²) in [6.45, 7) is 2.28. The Morgan fingerprint density at radius 2 is 2.00 bits per heavy atom. The van der Waals surface area contributed by atoms with Crippen molar-refractivity contribution in [1.82, 2.24) is 5.32 Å². The molecule has 0 aliphatic rings. The van der Waals surface area contributed by atoms with E-state index in [0.717, 1.165) is 15.6 Å². The lowest BCUT2D eigenvalue weighted by atomic mass is 9.97. The number of hydrogen-bond acceptors (Lipinski definition) is 3. The molecule has 0 fully saturated rings. The molecule has 0 spiro atoms. The van der Waals surface area contributed by atoms with E-state index in [1.807, 2.05) is 48.0 Å². The van der Waals surface area contributed by atoms with Crippen LogP contribution >= 0.6 is 27.3 Å². The van der Waals surface area contributed by atoms with Gasteiger partial charge in [-0.1, -0.05) is 35.0 Å². The number of nitrogens with one attached hydrogen (secondary N) is 1. The third-order valence-corrected chi connectivity index (χ3v) is 4.58. The van der Waals surface area contributed by atoms with Crippen LogP contribution in [0.4, 0.5) is 0 Å². The molecular weight excluding hydrogens is 350 g/mol. The second-order valence-corrected chi connectivity index (χ2v) is 6.73. The van der Waals surface area contributed by atoms with Crippen molar-refractivity contribution in [3.8, 4) is 0 Å². The Kier molecular flexibility index (Phi) is 5.96. The van der Waals surface area contributed by atoms with Gasteiger partial charge < -0.3 is 10.4 Å². The summed E-state index contributed by atoms with van der Waals surface area (Å²) in [4.78, 5) is 11.9. The van der Waals surface area contributed by atoms with Gasteiger partial charge >= 0.3 is 0 Å². The number of halogens is 1. The summed E-state index contributed by atoms with van der Waals surface area (Å²) in [6, 6.07) is 9.85. The minimum Gasteiger partial charge on any atom is -0.387 e. The van der Waals surface area contributed by atoms with Crippen LogP contribution in [0.1, 0.15) is 36.5 Å². The van der Waals surface area contributed by atoms with Crippen LogP contribution in [0.15, 0.2) is 45.6 Å². The summed E-state index contributed by atoms with van der Waals surface area (Å²) in [6.07, 6.45) is -0.221. The number of rotatable bonds is 6. The van der Waals surface area contributed by atoms with E-state index >= 15 is 0 Å². The minimum atomic E-state index is -0.636. The van der Waals surface area contributed by atoms with Gasteiger partial charge in [0.1, 0.15) is 0 Å². The average Bonchev–Trinajstić information content (AvgIpc) is 2.99. The Balaban J connectivity index is 1.80. The number of benzene rings is 1. The second kappa shape index (κ2) is 7.73. The van der Waals surface area contributed by atoms with Crippen molar-refractivity contribution in [3.05, 3.63) is 56.7 Å². The van der Waals surface area contributed by atoms with Crippen molar-refractivity contribution in [2.75, 3.05) is 6.54 Å². The predicted molar refractivity (Wildman–Crippen MR) is 89.5 cm³/mol. The normalized spacial score (nSPS) is 13.7. The van der Waals surface area contributed by atoms with Crippen LogP contribution in [0.2, 0.25) is 0 Å². The van der Waals surface area contributed by atoms with Crippen molar-refractivity contribution in [1.29, 1.82) is 0 Å². The zero-order valence-electron chi connectivity index (χ0n) is 11.8. The van der Waals surface area contributed by atoms with E-state index in [0.29, 0.717) is 6.42 Å². The zero-order valence-corrected chi connectivity index (χ0v) is 14.2. The molecule has 0 saturated heterocycles. The quantitative estimate of drug-likeness (QED) is 0.814. The van der Waals surface area contributed by atoms with Crippen LogP contribution in [0, 0.1) is 0 Å². The molecule has 2 N–H and O–H groups in total. The maximum absolute atomic E-state index is 11.9. The minimum absolute atomic E-state index is 0.0419. The number of carbonyl (C=O) groups excluding carboxylic acids is 1. The first kappa shape index (κ1) is 16.2. The summed E-state index contributed by atoms with van der Waals surface area (Å²) < 4.78 is 1.03. The van der Waals surface area contributed by atoms with Gasteiger partial charge in [0, 0.05) is 17.4 Å². The molecular formula is C16H18BrNO2S. The van der Waals surface area contributed by atoms with Crippen molar-refractivity contribution in [2.24, 2.45) is 0 Å².